The Morgan fingerprint density at radius 3 is 2.13 bits per heavy atom. The predicted molar refractivity (Wildman–Crippen MR) is 82.2 cm³/mol. The molecule has 0 rings (SSSR count). The lowest BCUT2D eigenvalue weighted by Crippen LogP contribution is -2.51. The monoisotopic (exact) mass is 328 g/mol. The van der Waals surface area contributed by atoms with E-state index in [9.17, 15) is 24.0 Å². The van der Waals surface area contributed by atoms with Crippen molar-refractivity contribution in [2.45, 2.75) is 33.2 Å². The van der Waals surface area contributed by atoms with Crippen molar-refractivity contribution in [3.8, 4) is 0 Å². The summed E-state index contributed by atoms with van der Waals surface area (Å²) in [6.07, 6.45) is 0.772. The molecule has 4 amide bonds. The van der Waals surface area contributed by atoms with Crippen LogP contribution in [0.3, 0.4) is 0 Å². The number of hydrogen-bond donors (Lipinski definition) is 4. The van der Waals surface area contributed by atoms with Crippen LogP contribution in [-0.4, -0.2) is 55.6 Å². The molecule has 0 aromatic carbocycles. The second-order valence-electron chi connectivity index (χ2n) is 5.44. The molecular formula is C14H24N4O5. The SMILES string of the molecule is CC(=O)CNC(=O)C(CC(C)C)NC(=O)CNC(=O)CNC=O. The van der Waals surface area contributed by atoms with Crippen LogP contribution >= 0.6 is 0 Å². The fourth-order valence-electron chi connectivity index (χ4n) is 1.66. The van der Waals surface area contributed by atoms with Crippen molar-refractivity contribution in [2.75, 3.05) is 19.6 Å². The first-order valence-corrected chi connectivity index (χ1v) is 7.26. The molecule has 0 heterocycles. The van der Waals surface area contributed by atoms with Gasteiger partial charge in [0.2, 0.25) is 24.1 Å². The summed E-state index contributed by atoms with van der Waals surface area (Å²) >= 11 is 0. The minimum Gasteiger partial charge on any atom is -0.350 e. The van der Waals surface area contributed by atoms with E-state index in [1.807, 2.05) is 13.8 Å². The number of carbonyl (C=O) groups is 5. The third-order valence-corrected chi connectivity index (χ3v) is 2.66. The van der Waals surface area contributed by atoms with Crippen LogP contribution < -0.4 is 21.3 Å². The average molecular weight is 328 g/mol. The fourth-order valence-corrected chi connectivity index (χ4v) is 1.66. The highest BCUT2D eigenvalue weighted by molar-refractivity contribution is 5.92. The lowest BCUT2D eigenvalue weighted by Gasteiger charge is -2.20. The third-order valence-electron chi connectivity index (χ3n) is 2.66. The van der Waals surface area contributed by atoms with Gasteiger partial charge in [0, 0.05) is 0 Å². The number of ketones is 1. The van der Waals surface area contributed by atoms with Crippen LogP contribution in [0.5, 0.6) is 0 Å². The molecule has 9 heteroatoms. The van der Waals surface area contributed by atoms with Gasteiger partial charge in [-0.3, -0.25) is 24.0 Å². The molecule has 23 heavy (non-hydrogen) atoms. The standard InChI is InChI=1S/C14H24N4O5/c1-9(2)4-11(14(23)17-5-10(3)20)18-13(22)7-16-12(21)6-15-8-19/h8-9,11H,4-7H2,1-3H3,(H,15,19)(H,16,21)(H,17,23)(H,18,22). The summed E-state index contributed by atoms with van der Waals surface area (Å²) < 4.78 is 0. The first kappa shape index (κ1) is 20.6. The molecule has 130 valence electrons. The minimum atomic E-state index is -0.785. The van der Waals surface area contributed by atoms with E-state index in [0.717, 1.165) is 0 Å². The second kappa shape index (κ2) is 11.2. The van der Waals surface area contributed by atoms with Crippen molar-refractivity contribution < 1.29 is 24.0 Å². The molecule has 0 aromatic heterocycles. The molecule has 0 fully saturated rings. The van der Waals surface area contributed by atoms with E-state index in [0.29, 0.717) is 12.8 Å². The molecule has 0 saturated heterocycles. The molecule has 0 aromatic rings. The summed E-state index contributed by atoms with van der Waals surface area (Å²) in [5.41, 5.74) is 0. The van der Waals surface area contributed by atoms with Gasteiger partial charge in [-0.2, -0.15) is 0 Å². The molecule has 0 spiro atoms. The Balaban J connectivity index is 4.42. The number of carbonyl (C=O) groups excluding carboxylic acids is 5. The molecule has 4 N–H and O–H groups in total. The largest absolute Gasteiger partial charge is 0.350 e. The predicted octanol–water partition coefficient (Wildman–Crippen LogP) is -1.92. The summed E-state index contributed by atoms with van der Waals surface area (Å²) in [6, 6.07) is -0.785. The van der Waals surface area contributed by atoms with E-state index in [1.165, 1.54) is 6.92 Å². The second-order valence-corrected chi connectivity index (χ2v) is 5.44. The van der Waals surface area contributed by atoms with Crippen LogP contribution in [0, 0.1) is 5.92 Å². The molecule has 0 saturated carbocycles. The lowest BCUT2D eigenvalue weighted by atomic mass is 10.0. The Labute approximate surface area is 134 Å². The van der Waals surface area contributed by atoms with Crippen molar-refractivity contribution in [2.24, 2.45) is 5.92 Å². The number of amides is 4. The van der Waals surface area contributed by atoms with Gasteiger partial charge < -0.3 is 21.3 Å². The van der Waals surface area contributed by atoms with Gasteiger partial charge in [0.1, 0.15) is 11.8 Å². The van der Waals surface area contributed by atoms with Gasteiger partial charge in [-0.05, 0) is 19.3 Å². The quantitative estimate of drug-likeness (QED) is 0.328. The zero-order chi connectivity index (χ0) is 17.8. The van der Waals surface area contributed by atoms with E-state index in [2.05, 4.69) is 21.3 Å². The lowest BCUT2D eigenvalue weighted by molar-refractivity contribution is -0.130. The van der Waals surface area contributed by atoms with Crippen molar-refractivity contribution in [3.05, 3.63) is 0 Å². The van der Waals surface area contributed by atoms with E-state index in [4.69, 9.17) is 0 Å². The van der Waals surface area contributed by atoms with Crippen molar-refractivity contribution in [1.82, 2.24) is 21.3 Å². The van der Waals surface area contributed by atoms with Crippen LogP contribution in [0.15, 0.2) is 0 Å². The van der Waals surface area contributed by atoms with Crippen molar-refractivity contribution in [1.29, 1.82) is 0 Å². The number of nitrogens with one attached hydrogen (secondary N) is 4. The third kappa shape index (κ3) is 10.9. The smallest absolute Gasteiger partial charge is 0.242 e. The van der Waals surface area contributed by atoms with Gasteiger partial charge in [-0.25, -0.2) is 0 Å². The van der Waals surface area contributed by atoms with Crippen LogP contribution in [0.2, 0.25) is 0 Å². The average Bonchev–Trinajstić information content (AvgIpc) is 2.47. The molecule has 0 bridgehead atoms. The molecule has 0 aliphatic rings. The molecule has 9 nitrogen and oxygen atoms in total. The van der Waals surface area contributed by atoms with E-state index >= 15 is 0 Å². The normalized spacial score (nSPS) is 11.3. The number of rotatable bonds is 11. The first-order chi connectivity index (χ1) is 10.8. The van der Waals surface area contributed by atoms with E-state index < -0.39 is 23.8 Å². The highest BCUT2D eigenvalue weighted by Gasteiger charge is 2.22. The van der Waals surface area contributed by atoms with Gasteiger partial charge >= 0.3 is 0 Å². The van der Waals surface area contributed by atoms with Crippen LogP contribution in [0.4, 0.5) is 0 Å². The Bertz CT molecular complexity index is 450. The maximum absolute atomic E-state index is 12.0. The molecule has 0 aliphatic heterocycles. The van der Waals surface area contributed by atoms with Crippen molar-refractivity contribution >= 4 is 29.9 Å². The van der Waals surface area contributed by atoms with Gasteiger partial charge in [0.15, 0.2) is 0 Å². The molecular weight excluding hydrogens is 304 g/mol. The molecule has 1 atom stereocenters. The fraction of sp³-hybridized carbons (Fsp3) is 0.643. The molecule has 0 aliphatic carbocycles. The van der Waals surface area contributed by atoms with Gasteiger partial charge in [0.05, 0.1) is 19.6 Å². The maximum atomic E-state index is 12.0. The van der Waals surface area contributed by atoms with Crippen LogP contribution in [-0.2, 0) is 24.0 Å². The first-order valence-electron chi connectivity index (χ1n) is 7.26. The van der Waals surface area contributed by atoms with Gasteiger partial charge in [-0.15, -0.1) is 0 Å². The Hall–Kier alpha value is -2.45. The zero-order valence-corrected chi connectivity index (χ0v) is 13.6. The van der Waals surface area contributed by atoms with E-state index in [-0.39, 0.29) is 31.3 Å². The summed E-state index contributed by atoms with van der Waals surface area (Å²) in [6.45, 7) is 4.49. The Kier molecular flexibility index (Phi) is 9.97. The summed E-state index contributed by atoms with van der Waals surface area (Å²) in [7, 11) is 0. The summed E-state index contributed by atoms with van der Waals surface area (Å²) in [5.74, 6) is -1.55. The van der Waals surface area contributed by atoms with Crippen molar-refractivity contribution in [3.63, 3.8) is 0 Å². The highest BCUT2D eigenvalue weighted by Crippen LogP contribution is 2.04. The molecule has 1 unspecified atom stereocenters. The summed E-state index contributed by atoms with van der Waals surface area (Å²) in [5, 5.41) is 9.43. The van der Waals surface area contributed by atoms with Gasteiger partial charge in [0.25, 0.3) is 0 Å². The van der Waals surface area contributed by atoms with Crippen LogP contribution in [0.1, 0.15) is 27.2 Å². The minimum absolute atomic E-state index is 0.0998. The summed E-state index contributed by atoms with van der Waals surface area (Å²) in [4.78, 5) is 56.0. The molecule has 0 radical (unpaired) electrons. The number of Topliss-reactive ketones (excluding diaryl/α,β-unsaturated/α-hetero) is 1. The Morgan fingerprint density at radius 2 is 1.61 bits per heavy atom. The highest BCUT2D eigenvalue weighted by atomic mass is 16.2. The zero-order valence-electron chi connectivity index (χ0n) is 13.6. The number of hydrogen-bond acceptors (Lipinski definition) is 5. The van der Waals surface area contributed by atoms with E-state index in [1.54, 1.807) is 0 Å². The van der Waals surface area contributed by atoms with Gasteiger partial charge in [-0.1, -0.05) is 13.8 Å². The Morgan fingerprint density at radius 1 is 0.957 bits per heavy atom. The maximum Gasteiger partial charge on any atom is 0.242 e. The topological polar surface area (TPSA) is 133 Å². The van der Waals surface area contributed by atoms with Crippen LogP contribution in [0.25, 0.3) is 0 Å².